The maximum atomic E-state index is 12.2. The minimum absolute atomic E-state index is 0.247. The van der Waals surface area contributed by atoms with Crippen LogP contribution in [-0.4, -0.2) is 11.9 Å². The van der Waals surface area contributed by atoms with Crippen LogP contribution in [0, 0.1) is 0 Å². The van der Waals surface area contributed by atoms with Gasteiger partial charge < -0.3 is 9.47 Å². The number of halogens is 2. The number of hydrogen-bond donors (Lipinski definition) is 0. The molecule has 8 heteroatoms. The Morgan fingerprint density at radius 2 is 0.761 bits per heavy atom. The zero-order chi connectivity index (χ0) is 34.9. The molecule has 0 bridgehead atoms. The molecule has 46 heavy (non-hydrogen) atoms. The Balaban J connectivity index is 1.99. The molecular formula is C38H46Br2O4S2. The highest BCUT2D eigenvalue weighted by Gasteiger charge is 2.32. The highest BCUT2D eigenvalue weighted by Crippen LogP contribution is 2.55. The number of rotatable bonds is 4. The first-order valence-corrected chi connectivity index (χ1v) is 18.7. The average molecular weight is 791 g/mol. The normalized spacial score (nSPS) is 13.0. The molecule has 0 saturated heterocycles. The molecule has 0 N–H and O–H groups in total. The SMILES string of the molecule is CC(=O)Oc1c(C(C)(C)C)cc(-c2sc3c(Br)c(-c4cc(C(C)(C)C)c(OC(C)=O)c(C(C)(C)C)c4)sc3c2Br)cc1C(C)(C)C. The summed E-state index contributed by atoms with van der Waals surface area (Å²) in [5, 5.41) is 0. The molecule has 0 atom stereocenters. The van der Waals surface area contributed by atoms with Crippen molar-refractivity contribution in [3.8, 4) is 32.4 Å². The summed E-state index contributed by atoms with van der Waals surface area (Å²) in [6.07, 6.45) is 0. The van der Waals surface area contributed by atoms with Gasteiger partial charge in [-0.2, -0.15) is 0 Å². The average Bonchev–Trinajstić information content (AvgIpc) is 3.37. The van der Waals surface area contributed by atoms with Crippen molar-refractivity contribution in [3.63, 3.8) is 0 Å². The minimum Gasteiger partial charge on any atom is -0.426 e. The predicted molar refractivity (Wildman–Crippen MR) is 203 cm³/mol. The summed E-state index contributed by atoms with van der Waals surface area (Å²) in [6.45, 7) is 28.8. The van der Waals surface area contributed by atoms with E-state index in [2.05, 4.69) is 139 Å². The van der Waals surface area contributed by atoms with Gasteiger partial charge in [-0.1, -0.05) is 83.1 Å². The van der Waals surface area contributed by atoms with Crippen LogP contribution in [-0.2, 0) is 31.2 Å². The van der Waals surface area contributed by atoms with E-state index < -0.39 is 0 Å². The number of thiophene rings is 2. The van der Waals surface area contributed by atoms with Crippen molar-refractivity contribution in [2.45, 2.75) is 119 Å². The lowest BCUT2D eigenvalue weighted by Gasteiger charge is -2.30. The lowest BCUT2D eigenvalue weighted by atomic mass is 9.78. The van der Waals surface area contributed by atoms with Crippen LogP contribution in [0.25, 0.3) is 30.3 Å². The Labute approximate surface area is 299 Å². The molecular weight excluding hydrogens is 744 g/mol. The second-order valence-corrected chi connectivity index (χ2v) is 19.8. The lowest BCUT2D eigenvalue weighted by Crippen LogP contribution is -2.21. The van der Waals surface area contributed by atoms with E-state index >= 15 is 0 Å². The second kappa shape index (κ2) is 12.5. The summed E-state index contributed by atoms with van der Waals surface area (Å²) >= 11 is 11.5. The van der Waals surface area contributed by atoms with Crippen LogP contribution in [0.1, 0.15) is 119 Å². The summed E-state index contributed by atoms with van der Waals surface area (Å²) in [5.74, 6) is 0.692. The van der Waals surface area contributed by atoms with E-state index in [1.54, 1.807) is 22.7 Å². The highest BCUT2D eigenvalue weighted by molar-refractivity contribution is 9.11. The van der Waals surface area contributed by atoms with Gasteiger partial charge in [0.05, 0.1) is 28.1 Å². The van der Waals surface area contributed by atoms with Crippen molar-refractivity contribution >= 4 is 75.9 Å². The Hall–Kier alpha value is -2.00. The summed E-state index contributed by atoms with van der Waals surface area (Å²) in [6, 6.07) is 8.73. The van der Waals surface area contributed by atoms with Gasteiger partial charge in [0.1, 0.15) is 11.5 Å². The Morgan fingerprint density at radius 3 is 0.957 bits per heavy atom. The Morgan fingerprint density at radius 1 is 0.522 bits per heavy atom. The molecule has 2 heterocycles. The first-order chi connectivity index (χ1) is 20.8. The molecule has 2 aromatic carbocycles. The van der Waals surface area contributed by atoms with Gasteiger partial charge in [-0.3, -0.25) is 9.59 Å². The lowest BCUT2D eigenvalue weighted by molar-refractivity contribution is -0.133. The van der Waals surface area contributed by atoms with Gasteiger partial charge in [0.25, 0.3) is 0 Å². The second-order valence-electron chi connectivity index (χ2n) is 16.1. The molecule has 4 rings (SSSR count). The quantitative estimate of drug-likeness (QED) is 0.153. The number of benzene rings is 2. The number of hydrogen-bond acceptors (Lipinski definition) is 6. The van der Waals surface area contributed by atoms with Gasteiger partial charge >= 0.3 is 11.9 Å². The first kappa shape index (κ1) is 36.8. The van der Waals surface area contributed by atoms with Crippen LogP contribution < -0.4 is 9.47 Å². The van der Waals surface area contributed by atoms with E-state index in [1.807, 2.05) is 0 Å². The molecule has 248 valence electrons. The monoisotopic (exact) mass is 788 g/mol. The van der Waals surface area contributed by atoms with Crippen molar-refractivity contribution in [3.05, 3.63) is 55.5 Å². The molecule has 0 aliphatic rings. The van der Waals surface area contributed by atoms with E-state index in [-0.39, 0.29) is 33.6 Å². The van der Waals surface area contributed by atoms with E-state index in [4.69, 9.17) is 9.47 Å². The fourth-order valence-corrected chi connectivity index (χ4v) is 10.0. The van der Waals surface area contributed by atoms with Gasteiger partial charge in [0.15, 0.2) is 0 Å². The van der Waals surface area contributed by atoms with Crippen LogP contribution in [0.3, 0.4) is 0 Å². The Bertz CT molecular complexity index is 1640. The fourth-order valence-electron chi connectivity index (χ4n) is 5.51. The molecule has 4 nitrogen and oxygen atoms in total. The van der Waals surface area contributed by atoms with E-state index in [9.17, 15) is 9.59 Å². The Kier molecular flexibility index (Phi) is 9.98. The number of carbonyl (C=O) groups is 2. The highest BCUT2D eigenvalue weighted by atomic mass is 79.9. The van der Waals surface area contributed by atoms with Crippen molar-refractivity contribution in [1.82, 2.24) is 0 Å². The van der Waals surface area contributed by atoms with Gasteiger partial charge in [-0.15, -0.1) is 22.7 Å². The molecule has 2 aromatic heterocycles. The number of esters is 2. The number of fused-ring (bicyclic) bond motifs is 1. The van der Waals surface area contributed by atoms with Crippen molar-refractivity contribution in [2.75, 3.05) is 0 Å². The van der Waals surface area contributed by atoms with Crippen LogP contribution in [0.5, 0.6) is 11.5 Å². The third-order valence-electron chi connectivity index (χ3n) is 7.84. The summed E-state index contributed by atoms with van der Waals surface area (Å²) in [5.41, 5.74) is 5.22. The maximum Gasteiger partial charge on any atom is 0.308 e. The first-order valence-electron chi connectivity index (χ1n) is 15.5. The third-order valence-corrected chi connectivity index (χ3v) is 13.1. The van der Waals surface area contributed by atoms with Gasteiger partial charge in [0, 0.05) is 36.1 Å². The zero-order valence-electron chi connectivity index (χ0n) is 29.5. The van der Waals surface area contributed by atoms with Crippen LogP contribution in [0.4, 0.5) is 0 Å². The van der Waals surface area contributed by atoms with E-state index in [1.165, 1.54) is 23.2 Å². The summed E-state index contributed by atoms with van der Waals surface area (Å²) < 4.78 is 16.2. The smallest absolute Gasteiger partial charge is 0.308 e. The molecule has 0 aliphatic heterocycles. The predicted octanol–water partition coefficient (Wildman–Crippen LogP) is 12.9. The molecule has 0 unspecified atom stereocenters. The zero-order valence-corrected chi connectivity index (χ0v) is 34.3. The van der Waals surface area contributed by atoms with Crippen LogP contribution >= 0.6 is 54.5 Å². The molecule has 0 saturated carbocycles. The largest absolute Gasteiger partial charge is 0.426 e. The van der Waals surface area contributed by atoms with Gasteiger partial charge in [-0.05, 0) is 88.9 Å². The van der Waals surface area contributed by atoms with Crippen molar-refractivity contribution in [1.29, 1.82) is 0 Å². The van der Waals surface area contributed by atoms with Gasteiger partial charge in [0.2, 0.25) is 0 Å². The minimum atomic E-state index is -0.317. The molecule has 4 aromatic rings. The van der Waals surface area contributed by atoms with Crippen molar-refractivity contribution < 1.29 is 19.1 Å². The third kappa shape index (κ3) is 7.35. The van der Waals surface area contributed by atoms with E-state index in [0.29, 0.717) is 11.5 Å². The molecule has 0 aliphatic carbocycles. The number of carbonyl (C=O) groups excluding carboxylic acids is 2. The van der Waals surface area contributed by atoms with Crippen LogP contribution in [0.2, 0.25) is 0 Å². The molecule has 0 amide bonds. The standard InChI is InChI=1S/C38H46Br2O4S2/c1-19(41)43-29-23(35(3,4)5)15-21(16-24(29)36(6,7)8)31-27(39)33-34(45-31)28(40)32(46-33)22-17-25(37(9,10)11)30(44-20(2)42)26(18-22)38(12,13)14/h15-18H,1-14H3. The van der Waals surface area contributed by atoms with Crippen LogP contribution in [0.15, 0.2) is 33.2 Å². The summed E-state index contributed by atoms with van der Waals surface area (Å²) in [7, 11) is 0. The van der Waals surface area contributed by atoms with E-state index in [0.717, 1.165) is 52.1 Å². The molecule has 0 radical (unpaired) electrons. The van der Waals surface area contributed by atoms with Gasteiger partial charge in [-0.25, -0.2) is 0 Å². The molecule has 0 fully saturated rings. The molecule has 0 spiro atoms. The number of ether oxygens (including phenoxy) is 2. The van der Waals surface area contributed by atoms with Crippen molar-refractivity contribution in [2.24, 2.45) is 0 Å². The summed E-state index contributed by atoms with van der Waals surface area (Å²) in [4.78, 5) is 26.7. The maximum absolute atomic E-state index is 12.2. The fraction of sp³-hybridized carbons (Fsp3) is 0.474. The topological polar surface area (TPSA) is 52.6 Å².